The largest absolute Gasteiger partial charge is 0.302 e. The standard InChI is InChI=1S/C14H12F2N2OS/c1-7-4-9(7)13(19)18-14-17-12(6-20-14)8-2-3-10(15)11(16)5-8/h2-3,5-7,9H,4H2,1H3,(H,17,18,19)/t7-,9+/m0/s1. The van der Waals surface area contributed by atoms with E-state index in [1.807, 2.05) is 6.92 Å². The summed E-state index contributed by atoms with van der Waals surface area (Å²) >= 11 is 1.27. The summed E-state index contributed by atoms with van der Waals surface area (Å²) in [5, 5.41) is 4.94. The molecule has 1 amide bonds. The van der Waals surface area contributed by atoms with Gasteiger partial charge in [0, 0.05) is 16.9 Å². The van der Waals surface area contributed by atoms with Gasteiger partial charge >= 0.3 is 0 Å². The number of nitrogens with zero attached hydrogens (tertiary/aromatic N) is 1. The fraction of sp³-hybridized carbons (Fsp3) is 0.286. The van der Waals surface area contributed by atoms with Crippen LogP contribution < -0.4 is 5.32 Å². The van der Waals surface area contributed by atoms with Crippen LogP contribution in [-0.2, 0) is 4.79 Å². The van der Waals surface area contributed by atoms with Gasteiger partial charge in [-0.2, -0.15) is 0 Å². The minimum absolute atomic E-state index is 0.0244. The summed E-state index contributed by atoms with van der Waals surface area (Å²) < 4.78 is 26.0. The predicted octanol–water partition coefficient (Wildman–Crippen LogP) is 3.68. The zero-order chi connectivity index (χ0) is 14.3. The van der Waals surface area contributed by atoms with Gasteiger partial charge in [0.2, 0.25) is 5.91 Å². The predicted molar refractivity (Wildman–Crippen MR) is 73.4 cm³/mol. The number of benzene rings is 1. The first-order chi connectivity index (χ1) is 9.54. The Morgan fingerprint density at radius 1 is 1.40 bits per heavy atom. The maximum absolute atomic E-state index is 13.2. The Morgan fingerprint density at radius 3 is 2.80 bits per heavy atom. The van der Waals surface area contributed by atoms with Crippen LogP contribution in [0, 0.1) is 23.5 Å². The van der Waals surface area contributed by atoms with Crippen LogP contribution in [0.25, 0.3) is 11.3 Å². The van der Waals surface area contributed by atoms with Crippen molar-refractivity contribution in [2.75, 3.05) is 5.32 Å². The Kier molecular flexibility index (Phi) is 3.25. The molecule has 0 saturated heterocycles. The Bertz CT molecular complexity index is 671. The molecule has 1 aliphatic rings. The van der Waals surface area contributed by atoms with Crippen LogP contribution in [0.2, 0.25) is 0 Å². The lowest BCUT2D eigenvalue weighted by Crippen LogP contribution is -2.14. The average Bonchev–Trinajstić information content (AvgIpc) is 2.97. The summed E-state index contributed by atoms with van der Waals surface area (Å²) in [7, 11) is 0. The number of aromatic nitrogens is 1. The molecule has 104 valence electrons. The van der Waals surface area contributed by atoms with Crippen molar-refractivity contribution in [2.24, 2.45) is 11.8 Å². The lowest BCUT2D eigenvalue weighted by molar-refractivity contribution is -0.117. The molecule has 0 bridgehead atoms. The first-order valence-electron chi connectivity index (χ1n) is 6.26. The normalized spacial score (nSPS) is 20.8. The van der Waals surface area contributed by atoms with E-state index < -0.39 is 11.6 Å². The number of amides is 1. The van der Waals surface area contributed by atoms with Crippen LogP contribution >= 0.6 is 11.3 Å². The Balaban J connectivity index is 1.76. The van der Waals surface area contributed by atoms with Gasteiger partial charge in [0.15, 0.2) is 16.8 Å². The first kappa shape index (κ1) is 13.2. The first-order valence-corrected chi connectivity index (χ1v) is 7.14. The summed E-state index contributed by atoms with van der Waals surface area (Å²) in [5.41, 5.74) is 1.01. The van der Waals surface area contributed by atoms with Crippen LogP contribution in [-0.4, -0.2) is 10.9 Å². The molecule has 1 aliphatic carbocycles. The molecule has 1 heterocycles. The number of thiazole rings is 1. The minimum Gasteiger partial charge on any atom is -0.302 e. The van der Waals surface area contributed by atoms with Crippen LogP contribution in [0.15, 0.2) is 23.6 Å². The number of hydrogen-bond donors (Lipinski definition) is 1. The van der Waals surface area contributed by atoms with Crippen LogP contribution in [0.4, 0.5) is 13.9 Å². The van der Waals surface area contributed by atoms with Crippen molar-refractivity contribution in [3.05, 3.63) is 35.2 Å². The number of anilines is 1. The molecule has 0 aliphatic heterocycles. The molecular weight excluding hydrogens is 282 g/mol. The maximum Gasteiger partial charge on any atom is 0.229 e. The van der Waals surface area contributed by atoms with Gasteiger partial charge in [-0.1, -0.05) is 6.92 Å². The zero-order valence-electron chi connectivity index (χ0n) is 10.7. The summed E-state index contributed by atoms with van der Waals surface area (Å²) in [5.74, 6) is -1.32. The summed E-state index contributed by atoms with van der Waals surface area (Å²) in [6, 6.07) is 3.62. The van der Waals surface area contributed by atoms with Crippen LogP contribution in [0.3, 0.4) is 0 Å². The van der Waals surface area contributed by atoms with E-state index in [4.69, 9.17) is 0 Å². The average molecular weight is 294 g/mol. The highest BCUT2D eigenvalue weighted by Crippen LogP contribution is 2.38. The van der Waals surface area contributed by atoms with E-state index in [9.17, 15) is 13.6 Å². The van der Waals surface area contributed by atoms with Gasteiger partial charge in [-0.3, -0.25) is 4.79 Å². The summed E-state index contributed by atoms with van der Waals surface area (Å²) in [6.45, 7) is 2.03. The van der Waals surface area contributed by atoms with Crippen molar-refractivity contribution in [3.63, 3.8) is 0 Å². The molecule has 20 heavy (non-hydrogen) atoms. The lowest BCUT2D eigenvalue weighted by Gasteiger charge is -2.00. The van der Waals surface area contributed by atoms with Gasteiger partial charge in [-0.15, -0.1) is 11.3 Å². The topological polar surface area (TPSA) is 42.0 Å². The van der Waals surface area contributed by atoms with Crippen LogP contribution in [0.1, 0.15) is 13.3 Å². The smallest absolute Gasteiger partial charge is 0.229 e. The third-order valence-electron chi connectivity index (χ3n) is 3.40. The molecule has 0 unspecified atom stereocenters. The quantitative estimate of drug-likeness (QED) is 0.938. The van der Waals surface area contributed by atoms with Gasteiger partial charge in [0.05, 0.1) is 5.69 Å². The Labute approximate surface area is 118 Å². The second kappa shape index (κ2) is 4.94. The van der Waals surface area contributed by atoms with Gasteiger partial charge < -0.3 is 5.32 Å². The molecule has 1 fully saturated rings. The molecule has 1 saturated carbocycles. The minimum atomic E-state index is -0.909. The molecule has 0 radical (unpaired) electrons. The van der Waals surface area contributed by atoms with Gasteiger partial charge in [-0.05, 0) is 30.5 Å². The van der Waals surface area contributed by atoms with Crippen molar-refractivity contribution < 1.29 is 13.6 Å². The molecular formula is C14H12F2N2OS. The van der Waals surface area contributed by atoms with Crippen molar-refractivity contribution >= 4 is 22.4 Å². The van der Waals surface area contributed by atoms with E-state index in [0.717, 1.165) is 18.6 Å². The molecule has 0 spiro atoms. The van der Waals surface area contributed by atoms with E-state index >= 15 is 0 Å². The molecule has 2 aromatic rings. The fourth-order valence-corrected chi connectivity index (χ4v) is 2.73. The Morgan fingerprint density at radius 2 is 2.15 bits per heavy atom. The highest BCUT2D eigenvalue weighted by Gasteiger charge is 2.39. The molecule has 1 N–H and O–H groups in total. The van der Waals surface area contributed by atoms with Crippen molar-refractivity contribution in [2.45, 2.75) is 13.3 Å². The summed E-state index contributed by atoms with van der Waals surface area (Å²) in [6.07, 6.45) is 0.910. The molecule has 2 atom stereocenters. The molecule has 3 rings (SSSR count). The number of halogens is 2. The molecule has 3 nitrogen and oxygen atoms in total. The zero-order valence-corrected chi connectivity index (χ0v) is 11.5. The van der Waals surface area contributed by atoms with Crippen molar-refractivity contribution in [1.29, 1.82) is 0 Å². The molecule has 1 aromatic carbocycles. The van der Waals surface area contributed by atoms with E-state index in [1.54, 1.807) is 5.38 Å². The van der Waals surface area contributed by atoms with E-state index in [0.29, 0.717) is 22.3 Å². The van der Waals surface area contributed by atoms with Crippen molar-refractivity contribution in [1.82, 2.24) is 4.98 Å². The van der Waals surface area contributed by atoms with E-state index in [2.05, 4.69) is 10.3 Å². The van der Waals surface area contributed by atoms with Gasteiger partial charge in [0.1, 0.15) is 0 Å². The number of carbonyl (C=O) groups excluding carboxylic acids is 1. The number of carbonyl (C=O) groups is 1. The monoisotopic (exact) mass is 294 g/mol. The van der Waals surface area contributed by atoms with Crippen LogP contribution in [0.5, 0.6) is 0 Å². The van der Waals surface area contributed by atoms with Gasteiger partial charge in [-0.25, -0.2) is 13.8 Å². The number of nitrogens with one attached hydrogen (secondary N) is 1. The van der Waals surface area contributed by atoms with Gasteiger partial charge in [0.25, 0.3) is 0 Å². The third-order valence-corrected chi connectivity index (χ3v) is 4.15. The summed E-state index contributed by atoms with van der Waals surface area (Å²) in [4.78, 5) is 16.0. The number of rotatable bonds is 3. The second-order valence-corrected chi connectivity index (χ2v) is 5.83. The third kappa shape index (κ3) is 2.56. The maximum atomic E-state index is 13.2. The highest BCUT2D eigenvalue weighted by molar-refractivity contribution is 7.14. The molecule has 1 aromatic heterocycles. The lowest BCUT2D eigenvalue weighted by atomic mass is 10.2. The van der Waals surface area contributed by atoms with E-state index in [1.165, 1.54) is 17.4 Å². The van der Waals surface area contributed by atoms with Crippen molar-refractivity contribution in [3.8, 4) is 11.3 Å². The second-order valence-electron chi connectivity index (χ2n) is 4.98. The molecule has 6 heteroatoms. The highest BCUT2D eigenvalue weighted by atomic mass is 32.1. The SMILES string of the molecule is C[C@H]1C[C@H]1C(=O)Nc1nc(-c2ccc(F)c(F)c2)cs1. The number of hydrogen-bond acceptors (Lipinski definition) is 3. The fourth-order valence-electron chi connectivity index (χ4n) is 2.00. The Hall–Kier alpha value is -1.82. The van der Waals surface area contributed by atoms with E-state index in [-0.39, 0.29) is 11.8 Å².